The van der Waals surface area contributed by atoms with E-state index in [0.717, 1.165) is 0 Å². The Morgan fingerprint density at radius 2 is 1.13 bits per heavy atom. The summed E-state index contributed by atoms with van der Waals surface area (Å²) in [4.78, 5) is 19.5. The molecule has 0 amide bonds. The predicted molar refractivity (Wildman–Crippen MR) is 115 cm³/mol. The van der Waals surface area contributed by atoms with Gasteiger partial charge in [-0.2, -0.15) is 0 Å². The van der Waals surface area contributed by atoms with Crippen LogP contribution in [0.3, 0.4) is 0 Å². The van der Waals surface area contributed by atoms with Crippen LogP contribution in [-0.4, -0.2) is 52.3 Å². The van der Waals surface area contributed by atoms with E-state index in [1.807, 2.05) is 18.2 Å². The molecule has 30 heavy (non-hydrogen) atoms. The normalized spacial score (nSPS) is 8.43. The van der Waals surface area contributed by atoms with Crippen molar-refractivity contribution in [2.75, 3.05) is 0 Å². The smallest absolute Gasteiger partial charge is 0.185 e. The summed E-state index contributed by atoms with van der Waals surface area (Å²) in [5.41, 5.74) is 1.32. The summed E-state index contributed by atoms with van der Waals surface area (Å²) in [6, 6.07) is 22.7. The van der Waals surface area contributed by atoms with E-state index in [-0.39, 0.29) is 41.1 Å². The Kier molecular flexibility index (Phi) is 15.1. The molecule has 7 heteroatoms. The zero-order valence-corrected chi connectivity index (χ0v) is 18.8. The molecule has 0 aliphatic carbocycles. The van der Waals surface area contributed by atoms with Gasteiger partial charge in [0.15, 0.2) is 24.1 Å². The van der Waals surface area contributed by atoms with Crippen molar-refractivity contribution in [2.24, 2.45) is 0 Å². The summed E-state index contributed by atoms with van der Waals surface area (Å²) in [6.45, 7) is 2.08. The molecule has 0 aliphatic rings. The van der Waals surface area contributed by atoms with Gasteiger partial charge in [-0.1, -0.05) is 42.0 Å². The Labute approximate surface area is 197 Å². The van der Waals surface area contributed by atoms with E-state index < -0.39 is 0 Å². The predicted octanol–water partition coefficient (Wildman–Crippen LogP) is 4.90. The van der Waals surface area contributed by atoms with Crippen LogP contribution in [0, 0.1) is 6.92 Å². The molecule has 151 valence electrons. The minimum absolute atomic E-state index is 0. The van der Waals surface area contributed by atoms with Gasteiger partial charge in [0.05, 0.1) is 12.5 Å². The average molecular weight is 417 g/mol. The van der Waals surface area contributed by atoms with Crippen molar-refractivity contribution >= 4 is 42.1 Å². The molecule has 2 heterocycles. The van der Waals surface area contributed by atoms with Crippen molar-refractivity contribution in [1.29, 1.82) is 0 Å². The van der Waals surface area contributed by atoms with Crippen molar-refractivity contribution in [3.05, 3.63) is 108 Å². The van der Waals surface area contributed by atoms with Gasteiger partial charge < -0.3 is 19.0 Å². The third kappa shape index (κ3) is 13.2. The third-order valence-corrected chi connectivity index (χ3v) is 3.09. The maximum Gasteiger partial charge on any atom is 0.185 e. The van der Waals surface area contributed by atoms with E-state index in [0.29, 0.717) is 24.1 Å². The molecule has 1 radical (unpaired) electrons. The fourth-order valence-electron chi connectivity index (χ4n) is 1.74. The largest absolute Gasteiger partial charge is 0.508 e. The third-order valence-electron chi connectivity index (χ3n) is 3.09. The van der Waals surface area contributed by atoms with Gasteiger partial charge in [0.25, 0.3) is 0 Å². The summed E-state index contributed by atoms with van der Waals surface area (Å²) in [5, 5.41) is 17.3. The van der Waals surface area contributed by atoms with Gasteiger partial charge in [0, 0.05) is 35.6 Å². The zero-order valence-electron chi connectivity index (χ0n) is 16.8. The number of aromatic hydroxyl groups is 2. The summed E-state index contributed by atoms with van der Waals surface area (Å²) < 4.78 is 9.23. The molecule has 6 nitrogen and oxygen atoms in total. The second-order valence-electron chi connectivity index (χ2n) is 5.44. The van der Waals surface area contributed by atoms with E-state index in [1.165, 1.54) is 36.3 Å². The molecule has 0 unspecified atom stereocenters. The summed E-state index contributed by atoms with van der Waals surface area (Å²) in [5.74, 6) is 0.926. The number of carbonyl (C=O) groups excluding carboxylic acids is 2. The first-order chi connectivity index (χ1) is 14.0. The number of phenols is 2. The fourth-order valence-corrected chi connectivity index (χ4v) is 1.74. The zero-order chi connectivity index (χ0) is 21.3. The van der Waals surface area contributed by atoms with Crippen LogP contribution in [0.2, 0.25) is 0 Å². The van der Waals surface area contributed by atoms with E-state index in [2.05, 4.69) is 27.9 Å². The Morgan fingerprint density at radius 1 is 0.667 bits per heavy atom. The number of aldehydes is 2. The molecule has 0 atom stereocenters. The number of hydrogen-bond acceptors (Lipinski definition) is 6. The monoisotopic (exact) mass is 417 g/mol. The van der Waals surface area contributed by atoms with E-state index >= 15 is 0 Å². The molecule has 2 aromatic carbocycles. The number of aryl methyl sites for hydroxylation is 1. The van der Waals surface area contributed by atoms with Crippen LogP contribution in [0.1, 0.15) is 26.7 Å². The van der Waals surface area contributed by atoms with Crippen LogP contribution in [0.25, 0.3) is 0 Å². The second-order valence-corrected chi connectivity index (χ2v) is 5.44. The SMILES string of the molecule is Cc1ccccc1.O=Cc1ccco1.O=Cc1ccco1.Oc1cccc(O)c1.[Na]. The van der Waals surface area contributed by atoms with Gasteiger partial charge in [0.1, 0.15) is 11.5 Å². The summed E-state index contributed by atoms with van der Waals surface area (Å²) >= 11 is 0. The van der Waals surface area contributed by atoms with Crippen LogP contribution in [0.4, 0.5) is 0 Å². The van der Waals surface area contributed by atoms with Gasteiger partial charge in [-0.3, -0.25) is 9.59 Å². The standard InChI is InChI=1S/C7H8.C6H6O2.2C5H4O2.Na/c1-7-5-3-2-4-6-7;7-5-2-1-3-6(8)4-5;2*6-4-5-2-1-3-7-5;/h2-6H,1H3;1-4,7-8H;2*1-4H;. The van der Waals surface area contributed by atoms with E-state index in [1.54, 1.807) is 30.3 Å². The first kappa shape index (κ1) is 26.9. The van der Waals surface area contributed by atoms with Gasteiger partial charge in [-0.15, -0.1) is 0 Å². The number of hydrogen-bond donors (Lipinski definition) is 2. The Morgan fingerprint density at radius 3 is 1.33 bits per heavy atom. The van der Waals surface area contributed by atoms with Crippen LogP contribution >= 0.6 is 0 Å². The maximum atomic E-state index is 9.77. The molecular formula is C23H22NaO6. The van der Waals surface area contributed by atoms with Crippen LogP contribution in [-0.2, 0) is 0 Å². The summed E-state index contributed by atoms with van der Waals surface area (Å²) in [6.07, 6.45) is 4.26. The van der Waals surface area contributed by atoms with E-state index in [4.69, 9.17) is 10.2 Å². The molecule has 0 bridgehead atoms. The van der Waals surface area contributed by atoms with E-state index in [9.17, 15) is 9.59 Å². The van der Waals surface area contributed by atoms with Gasteiger partial charge in [-0.05, 0) is 43.3 Å². The molecule has 0 aliphatic heterocycles. The Bertz CT molecular complexity index is 864. The number of furan rings is 2. The molecule has 0 spiro atoms. The molecular weight excluding hydrogens is 395 g/mol. The quantitative estimate of drug-likeness (QED) is 0.356. The molecule has 0 saturated carbocycles. The number of carbonyl (C=O) groups is 2. The van der Waals surface area contributed by atoms with Crippen molar-refractivity contribution in [1.82, 2.24) is 0 Å². The average Bonchev–Trinajstić information content (AvgIpc) is 3.44. The number of phenolic OH excluding ortho intramolecular Hbond substituents is 2. The molecule has 4 rings (SSSR count). The number of benzene rings is 2. The molecule has 0 saturated heterocycles. The molecule has 2 aromatic heterocycles. The fraction of sp³-hybridized carbons (Fsp3) is 0.0435. The van der Waals surface area contributed by atoms with Crippen molar-refractivity contribution < 1.29 is 28.6 Å². The topological polar surface area (TPSA) is 101 Å². The van der Waals surface area contributed by atoms with Gasteiger partial charge >= 0.3 is 0 Å². The first-order valence-corrected chi connectivity index (χ1v) is 8.52. The Hall–Kier alpha value is -3.06. The molecule has 4 aromatic rings. The minimum atomic E-state index is 0. The molecule has 2 N–H and O–H groups in total. The van der Waals surface area contributed by atoms with Crippen LogP contribution in [0.15, 0.2) is 100 Å². The van der Waals surface area contributed by atoms with Crippen molar-refractivity contribution in [3.63, 3.8) is 0 Å². The van der Waals surface area contributed by atoms with Gasteiger partial charge in [-0.25, -0.2) is 0 Å². The van der Waals surface area contributed by atoms with Gasteiger partial charge in [0.2, 0.25) is 0 Å². The minimum Gasteiger partial charge on any atom is -0.508 e. The number of rotatable bonds is 2. The van der Waals surface area contributed by atoms with Crippen molar-refractivity contribution in [3.8, 4) is 11.5 Å². The van der Waals surface area contributed by atoms with Crippen LogP contribution in [0.5, 0.6) is 11.5 Å². The second kappa shape index (κ2) is 16.9. The Balaban J connectivity index is 0.000000370. The van der Waals surface area contributed by atoms with Crippen LogP contribution < -0.4 is 0 Å². The maximum absolute atomic E-state index is 9.77. The summed E-state index contributed by atoms with van der Waals surface area (Å²) in [7, 11) is 0. The van der Waals surface area contributed by atoms with Crippen molar-refractivity contribution in [2.45, 2.75) is 6.92 Å². The first-order valence-electron chi connectivity index (χ1n) is 8.52. The molecule has 0 fully saturated rings.